The Morgan fingerprint density at radius 1 is 1.19 bits per heavy atom. The van der Waals surface area contributed by atoms with Crippen molar-refractivity contribution < 1.29 is 24.1 Å². The van der Waals surface area contributed by atoms with Gasteiger partial charge in [0, 0.05) is 18.0 Å². The molecule has 2 atom stereocenters. The number of aromatic nitrogens is 3. The predicted molar refractivity (Wildman–Crippen MR) is 110 cm³/mol. The molecule has 1 saturated heterocycles. The van der Waals surface area contributed by atoms with Crippen molar-refractivity contribution >= 4 is 5.91 Å². The molecule has 0 bridgehead atoms. The van der Waals surface area contributed by atoms with Crippen molar-refractivity contribution in [2.75, 3.05) is 0 Å². The summed E-state index contributed by atoms with van der Waals surface area (Å²) in [6.45, 7) is 1.89. The lowest BCUT2D eigenvalue weighted by atomic mass is 9.92. The molecule has 4 heterocycles. The van der Waals surface area contributed by atoms with Crippen molar-refractivity contribution in [2.45, 2.75) is 38.4 Å². The van der Waals surface area contributed by atoms with Crippen LogP contribution in [-0.2, 0) is 4.74 Å². The van der Waals surface area contributed by atoms with E-state index in [0.29, 0.717) is 12.0 Å². The molecule has 0 saturated carbocycles. The maximum Gasteiger partial charge on any atom is 0.267 e. The summed E-state index contributed by atoms with van der Waals surface area (Å²) in [5.41, 5.74) is 4.98. The van der Waals surface area contributed by atoms with E-state index in [-0.39, 0.29) is 40.1 Å². The lowest BCUT2D eigenvalue weighted by Gasteiger charge is -2.30. The van der Waals surface area contributed by atoms with E-state index in [1.807, 2.05) is 6.92 Å². The molecular formula is C22H21FN4O4. The topological polar surface area (TPSA) is 131 Å². The van der Waals surface area contributed by atoms with Crippen LogP contribution in [0, 0.1) is 5.82 Å². The standard InChI is InChI=1S/C22H21FN4O4/c1-11-4-2-6-15(31-11)16-17(20-14(28)8-7-13(26-20)21(24)29)18(23)19(27-22(16)30)12-5-3-9-25-10-12/h3,5,7-11,15,28H,2,4,6H2,1H3,(H2,24,29)(H,27,30). The Hall–Kier alpha value is -3.59. The van der Waals surface area contributed by atoms with Gasteiger partial charge in [-0.25, -0.2) is 14.4 Å². The first-order valence-electron chi connectivity index (χ1n) is 9.85. The third-order valence-corrected chi connectivity index (χ3v) is 5.25. The number of rotatable bonds is 4. The molecule has 4 N–H and O–H groups in total. The van der Waals surface area contributed by atoms with Gasteiger partial charge in [0.2, 0.25) is 5.88 Å². The molecule has 0 spiro atoms. The molecule has 0 radical (unpaired) electrons. The smallest absolute Gasteiger partial charge is 0.267 e. The van der Waals surface area contributed by atoms with Gasteiger partial charge in [-0.3, -0.25) is 9.78 Å². The number of ether oxygens (including phenoxy) is 1. The number of carbonyl (C=O) groups excluding carboxylic acids is 1. The van der Waals surface area contributed by atoms with Gasteiger partial charge in [0.1, 0.15) is 22.8 Å². The largest absolute Gasteiger partial charge is 0.506 e. The van der Waals surface area contributed by atoms with Crippen LogP contribution in [0.4, 0.5) is 4.39 Å². The van der Waals surface area contributed by atoms with Crippen LogP contribution >= 0.6 is 0 Å². The molecule has 3 aromatic rings. The molecule has 1 aliphatic rings. The number of nitrogens with zero attached hydrogens (tertiary/aromatic N) is 3. The number of primary amides is 1. The fourth-order valence-electron chi connectivity index (χ4n) is 3.79. The Labute approximate surface area is 177 Å². The fourth-order valence-corrected chi connectivity index (χ4v) is 3.79. The van der Waals surface area contributed by atoms with E-state index < -0.39 is 23.7 Å². The number of pyridine rings is 3. The highest BCUT2D eigenvalue weighted by Crippen LogP contribution is 2.45. The monoisotopic (exact) mass is 424 g/mol. The summed E-state index contributed by atoms with van der Waals surface area (Å²) in [4.78, 5) is 23.8. The molecule has 1 fully saturated rings. The summed E-state index contributed by atoms with van der Waals surface area (Å²) in [7, 11) is 0. The van der Waals surface area contributed by atoms with Crippen molar-refractivity contribution in [3.8, 4) is 34.1 Å². The minimum atomic E-state index is -0.837. The van der Waals surface area contributed by atoms with Crippen molar-refractivity contribution in [1.29, 1.82) is 0 Å². The lowest BCUT2D eigenvalue weighted by molar-refractivity contribution is -0.0424. The molecule has 9 heteroatoms. The Bertz CT molecular complexity index is 1140. The normalized spacial score (nSPS) is 18.6. The van der Waals surface area contributed by atoms with Gasteiger partial charge in [0.25, 0.3) is 5.91 Å². The van der Waals surface area contributed by atoms with Gasteiger partial charge in [-0.2, -0.15) is 0 Å². The molecule has 1 amide bonds. The zero-order valence-corrected chi connectivity index (χ0v) is 16.7. The minimum Gasteiger partial charge on any atom is -0.506 e. The summed E-state index contributed by atoms with van der Waals surface area (Å²) < 4.78 is 21.9. The van der Waals surface area contributed by atoms with Gasteiger partial charge in [0.05, 0.1) is 23.3 Å². The van der Waals surface area contributed by atoms with Gasteiger partial charge in [0.15, 0.2) is 5.82 Å². The molecule has 8 nitrogen and oxygen atoms in total. The average Bonchev–Trinajstić information content (AvgIpc) is 2.76. The molecule has 31 heavy (non-hydrogen) atoms. The van der Waals surface area contributed by atoms with Gasteiger partial charge in [-0.1, -0.05) is 0 Å². The van der Waals surface area contributed by atoms with Gasteiger partial charge in [-0.15, -0.1) is 0 Å². The Morgan fingerprint density at radius 3 is 2.68 bits per heavy atom. The highest BCUT2D eigenvalue weighted by atomic mass is 19.1. The predicted octanol–water partition coefficient (Wildman–Crippen LogP) is 3.48. The molecule has 4 rings (SSSR count). The van der Waals surface area contributed by atoms with E-state index in [2.05, 4.69) is 15.0 Å². The van der Waals surface area contributed by atoms with E-state index in [1.54, 1.807) is 12.1 Å². The number of hydrogen-bond acceptors (Lipinski definition) is 7. The van der Waals surface area contributed by atoms with Crippen molar-refractivity contribution in [1.82, 2.24) is 15.0 Å². The zero-order chi connectivity index (χ0) is 22.1. The summed E-state index contributed by atoms with van der Waals surface area (Å²) in [6.07, 6.45) is 4.31. The highest BCUT2D eigenvalue weighted by Gasteiger charge is 2.32. The number of carbonyl (C=O) groups is 1. The van der Waals surface area contributed by atoms with Crippen LogP contribution < -0.4 is 5.73 Å². The van der Waals surface area contributed by atoms with Gasteiger partial charge in [-0.05, 0) is 50.5 Å². The van der Waals surface area contributed by atoms with Crippen LogP contribution in [0.1, 0.15) is 48.3 Å². The molecular weight excluding hydrogens is 403 g/mol. The summed E-state index contributed by atoms with van der Waals surface area (Å²) in [5.74, 6) is -2.49. The second-order valence-corrected chi connectivity index (χ2v) is 7.42. The van der Waals surface area contributed by atoms with E-state index in [0.717, 1.165) is 12.8 Å². The summed E-state index contributed by atoms with van der Waals surface area (Å²) in [5, 5.41) is 21.3. The number of hydrogen-bond donors (Lipinski definition) is 3. The van der Waals surface area contributed by atoms with Crippen molar-refractivity contribution in [3.63, 3.8) is 0 Å². The van der Waals surface area contributed by atoms with Crippen LogP contribution in [0.5, 0.6) is 11.6 Å². The number of halogens is 1. The Kier molecular flexibility index (Phi) is 5.51. The molecule has 2 unspecified atom stereocenters. The first kappa shape index (κ1) is 20.7. The Morgan fingerprint density at radius 2 is 2.00 bits per heavy atom. The lowest BCUT2D eigenvalue weighted by Crippen LogP contribution is -2.21. The first-order valence-corrected chi connectivity index (χ1v) is 9.85. The first-order chi connectivity index (χ1) is 14.9. The summed E-state index contributed by atoms with van der Waals surface area (Å²) in [6, 6.07) is 5.64. The molecule has 160 valence electrons. The molecule has 1 aliphatic heterocycles. The van der Waals surface area contributed by atoms with Crippen LogP contribution in [0.2, 0.25) is 0 Å². The average molecular weight is 424 g/mol. The van der Waals surface area contributed by atoms with Crippen LogP contribution in [0.15, 0.2) is 36.7 Å². The third kappa shape index (κ3) is 3.91. The van der Waals surface area contributed by atoms with E-state index in [1.165, 1.54) is 24.5 Å². The number of nitrogens with two attached hydrogens (primary N) is 1. The van der Waals surface area contributed by atoms with E-state index in [4.69, 9.17) is 10.5 Å². The SMILES string of the molecule is CC1CCCC(c2c(O)nc(-c3cccnc3)c(F)c2-c2nc(C(N)=O)ccc2O)O1. The second kappa shape index (κ2) is 8.27. The van der Waals surface area contributed by atoms with E-state index in [9.17, 15) is 15.0 Å². The zero-order valence-electron chi connectivity index (χ0n) is 16.7. The fraction of sp³-hybridized carbons (Fsp3) is 0.273. The van der Waals surface area contributed by atoms with Crippen molar-refractivity contribution in [2.24, 2.45) is 5.73 Å². The number of aromatic hydroxyl groups is 2. The number of amides is 1. The Balaban J connectivity index is 2.02. The van der Waals surface area contributed by atoms with Crippen molar-refractivity contribution in [3.05, 3.63) is 53.7 Å². The van der Waals surface area contributed by atoms with E-state index >= 15 is 4.39 Å². The minimum absolute atomic E-state index is 0.0705. The van der Waals surface area contributed by atoms with Crippen LogP contribution in [0.3, 0.4) is 0 Å². The molecule has 3 aromatic heterocycles. The molecule has 0 aromatic carbocycles. The summed E-state index contributed by atoms with van der Waals surface area (Å²) >= 11 is 0. The van der Waals surface area contributed by atoms with Gasteiger partial charge < -0.3 is 20.7 Å². The third-order valence-electron chi connectivity index (χ3n) is 5.25. The van der Waals surface area contributed by atoms with Crippen LogP contribution in [0.25, 0.3) is 22.5 Å². The van der Waals surface area contributed by atoms with Crippen LogP contribution in [-0.4, -0.2) is 37.2 Å². The maximum absolute atomic E-state index is 15.9. The second-order valence-electron chi connectivity index (χ2n) is 7.42. The quantitative estimate of drug-likeness (QED) is 0.584. The molecule has 0 aliphatic carbocycles. The highest BCUT2D eigenvalue weighted by molar-refractivity contribution is 5.92. The maximum atomic E-state index is 15.9. The van der Waals surface area contributed by atoms with Gasteiger partial charge >= 0.3 is 0 Å².